The summed E-state index contributed by atoms with van der Waals surface area (Å²) in [4.78, 5) is 15.8. The van der Waals surface area contributed by atoms with Gasteiger partial charge < -0.3 is 0 Å². The number of carbonyl (C=O) groups is 1. The topological polar surface area (TPSA) is 67.3 Å². The smallest absolute Gasteiger partial charge is 0.268 e. The number of pyridine rings is 1. The van der Waals surface area contributed by atoms with Gasteiger partial charge >= 0.3 is 0 Å². The first-order valence-electron chi connectivity index (χ1n) is 4.97. The second kappa shape index (κ2) is 3.86. The van der Waals surface area contributed by atoms with Crippen LogP contribution in [0.1, 0.15) is 22.3 Å². The Bertz CT molecular complexity index is 525. The van der Waals surface area contributed by atoms with Crippen LogP contribution < -0.4 is 0 Å². The predicted molar refractivity (Wildman–Crippen MR) is 58.4 cm³/mol. The van der Waals surface area contributed by atoms with Gasteiger partial charge in [0.25, 0.3) is 5.91 Å². The van der Waals surface area contributed by atoms with Gasteiger partial charge in [0.1, 0.15) is 0 Å². The molecular formula is C10H12N2O3S. The van der Waals surface area contributed by atoms with Gasteiger partial charge in [-0.1, -0.05) is 0 Å². The van der Waals surface area contributed by atoms with E-state index in [1.165, 1.54) is 6.20 Å². The molecule has 0 aliphatic carbocycles. The van der Waals surface area contributed by atoms with E-state index in [4.69, 9.17) is 0 Å². The number of hydrogen-bond donors (Lipinski definition) is 0. The second-order valence-electron chi connectivity index (χ2n) is 3.80. The van der Waals surface area contributed by atoms with Crippen LogP contribution in [0.3, 0.4) is 0 Å². The van der Waals surface area contributed by atoms with Crippen molar-refractivity contribution in [2.24, 2.45) is 0 Å². The maximum absolute atomic E-state index is 11.9. The monoisotopic (exact) mass is 240 g/mol. The van der Waals surface area contributed by atoms with Crippen LogP contribution >= 0.6 is 0 Å². The van der Waals surface area contributed by atoms with Crippen molar-refractivity contribution >= 4 is 15.9 Å². The van der Waals surface area contributed by atoms with Crippen LogP contribution in [0, 0.1) is 6.92 Å². The number of sulfonamides is 1. The molecule has 0 N–H and O–H groups in total. The minimum Gasteiger partial charge on any atom is -0.268 e. The van der Waals surface area contributed by atoms with Crippen LogP contribution in [0.2, 0.25) is 0 Å². The Morgan fingerprint density at radius 3 is 2.75 bits per heavy atom. The van der Waals surface area contributed by atoms with E-state index in [0.717, 1.165) is 9.87 Å². The molecule has 0 atom stereocenters. The molecule has 0 radical (unpaired) electrons. The van der Waals surface area contributed by atoms with Gasteiger partial charge in [0.15, 0.2) is 0 Å². The molecule has 1 fully saturated rings. The van der Waals surface area contributed by atoms with Crippen LogP contribution in [-0.2, 0) is 10.0 Å². The van der Waals surface area contributed by atoms with E-state index in [1.807, 2.05) is 6.92 Å². The van der Waals surface area contributed by atoms with Crippen molar-refractivity contribution in [1.82, 2.24) is 9.29 Å². The molecule has 1 aromatic rings. The Labute approximate surface area is 94.2 Å². The van der Waals surface area contributed by atoms with Crippen molar-refractivity contribution in [3.05, 3.63) is 29.6 Å². The first-order valence-corrected chi connectivity index (χ1v) is 6.58. The highest BCUT2D eigenvalue weighted by molar-refractivity contribution is 7.89. The van der Waals surface area contributed by atoms with E-state index in [2.05, 4.69) is 4.98 Å². The number of aromatic nitrogens is 1. The summed E-state index contributed by atoms with van der Waals surface area (Å²) < 4.78 is 24.0. The highest BCUT2D eigenvalue weighted by Gasteiger charge is 2.33. The summed E-state index contributed by atoms with van der Waals surface area (Å²) in [6.45, 7) is 2.08. The lowest BCUT2D eigenvalue weighted by molar-refractivity contribution is 0.0869. The van der Waals surface area contributed by atoms with Gasteiger partial charge in [-0.3, -0.25) is 9.78 Å². The van der Waals surface area contributed by atoms with Crippen molar-refractivity contribution in [1.29, 1.82) is 0 Å². The molecule has 0 unspecified atom stereocenters. The quantitative estimate of drug-likeness (QED) is 0.719. The summed E-state index contributed by atoms with van der Waals surface area (Å²) in [6, 6.07) is 1.64. The predicted octanol–water partition coefficient (Wildman–Crippen LogP) is 0.566. The third-order valence-electron chi connectivity index (χ3n) is 2.45. The summed E-state index contributed by atoms with van der Waals surface area (Å²) in [5, 5.41) is 0. The van der Waals surface area contributed by atoms with Gasteiger partial charge in [-0.05, 0) is 25.0 Å². The van der Waals surface area contributed by atoms with Gasteiger partial charge in [-0.2, -0.15) is 0 Å². The highest BCUT2D eigenvalue weighted by atomic mass is 32.2. The molecule has 1 saturated heterocycles. The second-order valence-corrected chi connectivity index (χ2v) is 5.81. The first-order chi connectivity index (χ1) is 7.50. The Hall–Kier alpha value is -1.43. The summed E-state index contributed by atoms with van der Waals surface area (Å²) in [5.74, 6) is -0.424. The molecule has 1 amide bonds. The van der Waals surface area contributed by atoms with Gasteiger partial charge in [0.2, 0.25) is 10.0 Å². The van der Waals surface area contributed by atoms with Crippen LogP contribution in [0.4, 0.5) is 0 Å². The standard InChI is InChI=1S/C10H12N2O3S/c1-8-5-9(7-11-6-8)10(13)12-3-2-4-16(12,14)15/h5-7H,2-4H2,1H3. The fraction of sp³-hybridized carbons (Fsp3) is 0.400. The molecule has 1 aliphatic heterocycles. The van der Waals surface area contributed by atoms with Gasteiger partial charge in [0.05, 0.1) is 11.3 Å². The zero-order valence-corrected chi connectivity index (χ0v) is 9.70. The normalized spacial score (nSPS) is 18.7. The van der Waals surface area contributed by atoms with Crippen LogP contribution in [0.25, 0.3) is 0 Å². The van der Waals surface area contributed by atoms with E-state index in [9.17, 15) is 13.2 Å². The number of carbonyl (C=O) groups excluding carboxylic acids is 1. The molecule has 0 saturated carbocycles. The number of nitrogens with zero attached hydrogens (tertiary/aromatic N) is 2. The maximum Gasteiger partial charge on any atom is 0.268 e. The van der Waals surface area contributed by atoms with E-state index in [-0.39, 0.29) is 12.3 Å². The van der Waals surface area contributed by atoms with E-state index < -0.39 is 15.9 Å². The van der Waals surface area contributed by atoms with Crippen molar-refractivity contribution in [3.8, 4) is 0 Å². The van der Waals surface area contributed by atoms with Crippen molar-refractivity contribution in [2.75, 3.05) is 12.3 Å². The Morgan fingerprint density at radius 1 is 1.44 bits per heavy atom. The first kappa shape index (κ1) is 11.1. The minimum atomic E-state index is -3.39. The molecule has 86 valence electrons. The SMILES string of the molecule is Cc1cncc(C(=O)N2CCCS2(=O)=O)c1. The molecule has 1 aromatic heterocycles. The van der Waals surface area contributed by atoms with Crippen molar-refractivity contribution in [2.45, 2.75) is 13.3 Å². The van der Waals surface area contributed by atoms with Crippen LogP contribution in [0.15, 0.2) is 18.5 Å². The van der Waals surface area contributed by atoms with Crippen LogP contribution in [-0.4, -0.2) is 35.9 Å². The third kappa shape index (κ3) is 1.92. The van der Waals surface area contributed by atoms with E-state index in [1.54, 1.807) is 12.3 Å². The number of aryl methyl sites for hydroxylation is 1. The molecule has 5 nitrogen and oxygen atoms in total. The molecule has 0 bridgehead atoms. The summed E-state index contributed by atoms with van der Waals surface area (Å²) in [7, 11) is -3.39. The molecule has 0 aromatic carbocycles. The van der Waals surface area contributed by atoms with Crippen molar-refractivity contribution < 1.29 is 13.2 Å². The molecule has 2 rings (SSSR count). The number of amides is 1. The number of rotatable bonds is 1. The summed E-state index contributed by atoms with van der Waals surface area (Å²) in [6.07, 6.45) is 3.52. The zero-order valence-electron chi connectivity index (χ0n) is 8.88. The van der Waals surface area contributed by atoms with Gasteiger partial charge in [-0.25, -0.2) is 12.7 Å². The minimum absolute atomic E-state index is 0.0536. The maximum atomic E-state index is 11.9. The molecule has 6 heteroatoms. The molecule has 16 heavy (non-hydrogen) atoms. The molecule has 0 spiro atoms. The lowest BCUT2D eigenvalue weighted by atomic mass is 10.2. The summed E-state index contributed by atoms with van der Waals surface area (Å²) in [5.41, 5.74) is 1.16. The lowest BCUT2D eigenvalue weighted by Gasteiger charge is -2.14. The van der Waals surface area contributed by atoms with E-state index >= 15 is 0 Å². The Balaban J connectivity index is 2.33. The lowest BCUT2D eigenvalue weighted by Crippen LogP contribution is -2.32. The fourth-order valence-corrected chi connectivity index (χ4v) is 3.16. The van der Waals surface area contributed by atoms with E-state index in [0.29, 0.717) is 12.0 Å². The fourth-order valence-electron chi connectivity index (χ4n) is 1.68. The van der Waals surface area contributed by atoms with Crippen molar-refractivity contribution in [3.63, 3.8) is 0 Å². The highest BCUT2D eigenvalue weighted by Crippen LogP contribution is 2.17. The summed E-state index contributed by atoms with van der Waals surface area (Å²) >= 11 is 0. The van der Waals surface area contributed by atoms with Gasteiger partial charge in [-0.15, -0.1) is 0 Å². The largest absolute Gasteiger partial charge is 0.268 e. The molecule has 1 aliphatic rings. The average Bonchev–Trinajstić information content (AvgIpc) is 2.57. The molecule has 2 heterocycles. The Kier molecular flexibility index (Phi) is 2.67. The number of hydrogen-bond acceptors (Lipinski definition) is 4. The van der Waals surface area contributed by atoms with Crippen LogP contribution in [0.5, 0.6) is 0 Å². The third-order valence-corrected chi connectivity index (χ3v) is 4.27. The average molecular weight is 240 g/mol. The zero-order chi connectivity index (χ0) is 11.8. The van der Waals surface area contributed by atoms with Gasteiger partial charge in [0, 0.05) is 18.9 Å². The molecular weight excluding hydrogens is 228 g/mol. The Morgan fingerprint density at radius 2 is 2.19 bits per heavy atom.